The first-order valence-electron chi connectivity index (χ1n) is 9.79. The van der Waals surface area contributed by atoms with Crippen LogP contribution in [-0.4, -0.2) is 39.8 Å². The number of ketones is 3. The van der Waals surface area contributed by atoms with Crippen molar-refractivity contribution in [2.45, 2.75) is 58.0 Å². The van der Waals surface area contributed by atoms with Gasteiger partial charge in [-0.15, -0.1) is 0 Å². The number of hydrogen-bond donors (Lipinski definition) is 2. The van der Waals surface area contributed by atoms with Crippen LogP contribution in [-0.2, 0) is 14.4 Å². The van der Waals surface area contributed by atoms with Crippen LogP contribution in [0.2, 0.25) is 0 Å². The Morgan fingerprint density at radius 1 is 1.23 bits per heavy atom. The maximum absolute atomic E-state index is 13.3. The molecule has 0 aromatic heterocycles. The lowest BCUT2D eigenvalue weighted by molar-refractivity contribution is -0.173. The number of carbonyl (C=O) groups is 3. The molecule has 5 heteroatoms. The third kappa shape index (κ3) is 2.07. The average Bonchev–Trinajstić information content (AvgIpc) is 2.86. The zero-order valence-corrected chi connectivity index (χ0v) is 15.5. The van der Waals surface area contributed by atoms with Crippen molar-refractivity contribution in [2.24, 2.45) is 34.5 Å². The lowest BCUT2D eigenvalue weighted by Gasteiger charge is -2.58. The van der Waals surface area contributed by atoms with E-state index in [9.17, 15) is 24.6 Å². The van der Waals surface area contributed by atoms with Gasteiger partial charge in [-0.3, -0.25) is 14.4 Å². The SMILES string of the molecule is C[C@]12C=CC(=O)C[C@H]1CC[C@@H]1[C@@H]2C(=O)C[C@@]2(C)[C@H]1CC[C@]2(O)C(=O)CO. The summed E-state index contributed by atoms with van der Waals surface area (Å²) in [5, 5.41) is 20.5. The monoisotopic (exact) mass is 360 g/mol. The van der Waals surface area contributed by atoms with Gasteiger partial charge in [0.1, 0.15) is 18.0 Å². The Morgan fingerprint density at radius 3 is 2.65 bits per heavy atom. The number of rotatable bonds is 2. The van der Waals surface area contributed by atoms with E-state index in [0.29, 0.717) is 19.3 Å². The van der Waals surface area contributed by atoms with Crippen molar-refractivity contribution in [1.29, 1.82) is 0 Å². The van der Waals surface area contributed by atoms with Crippen LogP contribution < -0.4 is 0 Å². The van der Waals surface area contributed by atoms with E-state index in [2.05, 4.69) is 6.92 Å². The van der Waals surface area contributed by atoms with E-state index in [1.807, 2.05) is 13.0 Å². The molecular formula is C21H28O5. The van der Waals surface area contributed by atoms with Crippen LogP contribution in [0.3, 0.4) is 0 Å². The molecule has 0 aromatic rings. The van der Waals surface area contributed by atoms with Crippen LogP contribution in [0.15, 0.2) is 12.2 Å². The highest BCUT2D eigenvalue weighted by molar-refractivity contribution is 5.94. The molecule has 4 aliphatic carbocycles. The number of fused-ring (bicyclic) bond motifs is 5. The molecule has 0 unspecified atom stereocenters. The smallest absolute Gasteiger partial charge is 0.190 e. The normalized spacial score (nSPS) is 50.2. The van der Waals surface area contributed by atoms with E-state index >= 15 is 0 Å². The molecule has 2 N–H and O–H groups in total. The maximum atomic E-state index is 13.3. The van der Waals surface area contributed by atoms with E-state index in [1.54, 1.807) is 6.08 Å². The Morgan fingerprint density at radius 2 is 1.96 bits per heavy atom. The number of Topliss-reactive ketones (excluding diaryl/α,β-unsaturated/α-hetero) is 2. The number of allylic oxidation sites excluding steroid dienone is 2. The standard InChI is InChI=1S/C21H28O5/c1-19-7-5-13(23)9-12(19)3-4-14-15-6-8-21(26,17(25)11-22)20(15,2)10-16(24)18(14)19/h5,7,12,14-15,18,22,26H,3-4,6,8-11H2,1-2H3/t12-,14+,15+,18-,19+,20+,21+/m1/s1. The fourth-order valence-electron chi connectivity index (χ4n) is 7.05. The van der Waals surface area contributed by atoms with Crippen molar-refractivity contribution >= 4 is 17.3 Å². The van der Waals surface area contributed by atoms with Crippen LogP contribution in [0.25, 0.3) is 0 Å². The molecule has 5 nitrogen and oxygen atoms in total. The Kier molecular flexibility index (Phi) is 3.88. The molecule has 0 radical (unpaired) electrons. The van der Waals surface area contributed by atoms with Gasteiger partial charge < -0.3 is 10.2 Å². The zero-order chi connectivity index (χ0) is 18.9. The predicted molar refractivity (Wildman–Crippen MR) is 94.1 cm³/mol. The third-order valence-corrected chi connectivity index (χ3v) is 8.49. The summed E-state index contributed by atoms with van der Waals surface area (Å²) >= 11 is 0. The fraction of sp³-hybridized carbons (Fsp3) is 0.762. The van der Waals surface area contributed by atoms with Gasteiger partial charge in [0, 0.05) is 24.2 Å². The molecule has 0 saturated heterocycles. The highest BCUT2D eigenvalue weighted by Gasteiger charge is 2.68. The molecule has 0 aromatic carbocycles. The Balaban J connectivity index is 1.74. The number of aliphatic hydroxyl groups is 2. The fourth-order valence-corrected chi connectivity index (χ4v) is 7.05. The van der Waals surface area contributed by atoms with Crippen molar-refractivity contribution in [3.63, 3.8) is 0 Å². The summed E-state index contributed by atoms with van der Waals surface area (Å²) < 4.78 is 0. The molecule has 3 fully saturated rings. The first kappa shape index (κ1) is 18.1. The van der Waals surface area contributed by atoms with Crippen LogP contribution in [0.1, 0.15) is 52.4 Å². The minimum Gasteiger partial charge on any atom is -0.388 e. The molecule has 0 aliphatic heterocycles. The maximum Gasteiger partial charge on any atom is 0.190 e. The van der Waals surface area contributed by atoms with Gasteiger partial charge in [0.05, 0.1) is 0 Å². The van der Waals surface area contributed by atoms with Crippen LogP contribution >= 0.6 is 0 Å². The predicted octanol–water partition coefficient (Wildman–Crippen LogP) is 1.85. The van der Waals surface area contributed by atoms with E-state index in [4.69, 9.17) is 0 Å². The summed E-state index contributed by atoms with van der Waals surface area (Å²) in [4.78, 5) is 37.5. The first-order valence-corrected chi connectivity index (χ1v) is 9.79. The average molecular weight is 360 g/mol. The molecule has 4 aliphatic rings. The lowest BCUT2D eigenvalue weighted by Crippen LogP contribution is -2.61. The second kappa shape index (κ2) is 5.59. The number of carbonyl (C=O) groups excluding carboxylic acids is 3. The number of hydrogen-bond acceptors (Lipinski definition) is 5. The summed E-state index contributed by atoms with van der Waals surface area (Å²) in [6.07, 6.45) is 7.07. The largest absolute Gasteiger partial charge is 0.388 e. The molecule has 4 rings (SSSR count). The topological polar surface area (TPSA) is 91.7 Å². The second-order valence-corrected chi connectivity index (χ2v) is 9.43. The first-order chi connectivity index (χ1) is 12.2. The van der Waals surface area contributed by atoms with Crippen LogP contribution in [0.5, 0.6) is 0 Å². The van der Waals surface area contributed by atoms with Crippen LogP contribution in [0, 0.1) is 34.5 Å². The number of aliphatic hydroxyl groups excluding tert-OH is 1. The van der Waals surface area contributed by atoms with Crippen molar-refractivity contribution in [2.75, 3.05) is 6.61 Å². The molecule has 0 heterocycles. The molecular weight excluding hydrogens is 332 g/mol. The van der Waals surface area contributed by atoms with Crippen molar-refractivity contribution in [1.82, 2.24) is 0 Å². The van der Waals surface area contributed by atoms with Gasteiger partial charge >= 0.3 is 0 Å². The molecule has 26 heavy (non-hydrogen) atoms. The molecule has 3 saturated carbocycles. The Bertz CT molecular complexity index is 711. The zero-order valence-electron chi connectivity index (χ0n) is 15.5. The van der Waals surface area contributed by atoms with Crippen molar-refractivity contribution in [3.8, 4) is 0 Å². The quantitative estimate of drug-likeness (QED) is 0.784. The minimum atomic E-state index is -1.61. The molecule has 0 bridgehead atoms. The van der Waals surface area contributed by atoms with Gasteiger partial charge in [-0.25, -0.2) is 0 Å². The minimum absolute atomic E-state index is 0.0921. The highest BCUT2D eigenvalue weighted by atomic mass is 16.3. The molecule has 7 atom stereocenters. The summed E-state index contributed by atoms with van der Waals surface area (Å²) in [6.45, 7) is 3.28. The summed E-state index contributed by atoms with van der Waals surface area (Å²) in [6, 6.07) is 0. The lowest BCUT2D eigenvalue weighted by atomic mass is 9.45. The van der Waals surface area contributed by atoms with Crippen molar-refractivity contribution < 1.29 is 24.6 Å². The summed E-state index contributed by atoms with van der Waals surface area (Å²) in [5.74, 6) is -0.0369. The van der Waals surface area contributed by atoms with E-state index in [0.717, 1.165) is 12.8 Å². The van der Waals surface area contributed by atoms with Crippen molar-refractivity contribution in [3.05, 3.63) is 12.2 Å². The van der Waals surface area contributed by atoms with Gasteiger partial charge in [0.15, 0.2) is 11.6 Å². The van der Waals surface area contributed by atoms with Crippen LogP contribution in [0.4, 0.5) is 0 Å². The molecule has 0 amide bonds. The Labute approximate surface area is 153 Å². The van der Waals surface area contributed by atoms with Gasteiger partial charge in [-0.1, -0.05) is 19.9 Å². The Hall–Kier alpha value is -1.33. The molecule has 0 spiro atoms. The van der Waals surface area contributed by atoms with Gasteiger partial charge in [0.25, 0.3) is 0 Å². The summed E-state index contributed by atoms with van der Waals surface area (Å²) in [5.41, 5.74) is -2.72. The van der Waals surface area contributed by atoms with Gasteiger partial charge in [-0.05, 0) is 54.9 Å². The summed E-state index contributed by atoms with van der Waals surface area (Å²) in [7, 11) is 0. The van der Waals surface area contributed by atoms with Gasteiger partial charge in [0.2, 0.25) is 0 Å². The van der Waals surface area contributed by atoms with Gasteiger partial charge in [-0.2, -0.15) is 0 Å². The second-order valence-electron chi connectivity index (χ2n) is 9.43. The van der Waals surface area contributed by atoms with E-state index in [1.165, 1.54) is 0 Å². The van der Waals surface area contributed by atoms with E-state index < -0.39 is 23.4 Å². The van der Waals surface area contributed by atoms with E-state index in [-0.39, 0.29) is 47.1 Å². The molecule has 142 valence electrons. The third-order valence-electron chi connectivity index (χ3n) is 8.49. The highest BCUT2D eigenvalue weighted by Crippen LogP contribution is 2.66.